The number of carbonyl (C=O) groups is 1. The molecule has 1 aromatic rings. The monoisotopic (exact) mass is 249 g/mol. The van der Waals surface area contributed by atoms with Crippen molar-refractivity contribution in [3.8, 4) is 5.75 Å². The summed E-state index contributed by atoms with van der Waals surface area (Å²) in [5.74, 6) is 0.368. The molecule has 0 aliphatic rings. The first-order valence-electron chi connectivity index (χ1n) is 6.31. The van der Waals surface area contributed by atoms with Crippen LogP contribution in [0.3, 0.4) is 0 Å². The molecule has 0 bridgehead atoms. The molecular weight excluding hydrogens is 226 g/mol. The van der Waals surface area contributed by atoms with Crippen LogP contribution >= 0.6 is 0 Å². The summed E-state index contributed by atoms with van der Waals surface area (Å²) >= 11 is 0. The standard InChI is InChI=1S/C15H23NO2/c1-10(2)16-13(14(18)15(3,4)5)11-6-8-12(17)9-7-11/h6-10,13,16-17H,1-5H3. The fraction of sp³-hybridized carbons (Fsp3) is 0.533. The van der Waals surface area contributed by atoms with Crippen molar-refractivity contribution in [2.45, 2.75) is 46.7 Å². The van der Waals surface area contributed by atoms with E-state index in [9.17, 15) is 9.90 Å². The molecule has 0 aliphatic carbocycles. The predicted molar refractivity (Wildman–Crippen MR) is 73.6 cm³/mol. The van der Waals surface area contributed by atoms with Gasteiger partial charge in [-0.3, -0.25) is 4.79 Å². The lowest BCUT2D eigenvalue weighted by Crippen LogP contribution is -2.39. The quantitative estimate of drug-likeness (QED) is 0.862. The van der Waals surface area contributed by atoms with Crippen LogP contribution in [0.15, 0.2) is 24.3 Å². The number of phenols is 1. The third kappa shape index (κ3) is 3.84. The maximum absolute atomic E-state index is 12.5. The van der Waals surface area contributed by atoms with Gasteiger partial charge >= 0.3 is 0 Å². The van der Waals surface area contributed by atoms with Gasteiger partial charge in [0.1, 0.15) is 5.75 Å². The molecule has 0 aliphatic heterocycles. The summed E-state index contributed by atoms with van der Waals surface area (Å²) in [6.45, 7) is 9.80. The van der Waals surface area contributed by atoms with Crippen LogP contribution in [0.2, 0.25) is 0 Å². The fourth-order valence-electron chi connectivity index (χ4n) is 1.76. The van der Waals surface area contributed by atoms with E-state index >= 15 is 0 Å². The topological polar surface area (TPSA) is 49.3 Å². The minimum absolute atomic E-state index is 0.155. The van der Waals surface area contributed by atoms with Crippen molar-refractivity contribution >= 4 is 5.78 Å². The third-order valence-corrected chi connectivity index (χ3v) is 2.73. The zero-order chi connectivity index (χ0) is 13.9. The van der Waals surface area contributed by atoms with E-state index in [1.54, 1.807) is 24.3 Å². The second kappa shape index (κ2) is 5.53. The number of carbonyl (C=O) groups excluding carboxylic acids is 1. The van der Waals surface area contributed by atoms with Gasteiger partial charge in [-0.15, -0.1) is 0 Å². The summed E-state index contributed by atoms with van der Waals surface area (Å²) in [4.78, 5) is 12.5. The molecule has 100 valence electrons. The van der Waals surface area contributed by atoms with E-state index in [4.69, 9.17) is 0 Å². The summed E-state index contributed by atoms with van der Waals surface area (Å²) in [6, 6.07) is 6.69. The highest BCUT2D eigenvalue weighted by atomic mass is 16.3. The summed E-state index contributed by atoms with van der Waals surface area (Å²) in [5, 5.41) is 12.6. The summed E-state index contributed by atoms with van der Waals surface area (Å²) < 4.78 is 0. The molecule has 18 heavy (non-hydrogen) atoms. The van der Waals surface area contributed by atoms with E-state index in [0.29, 0.717) is 0 Å². The molecule has 1 unspecified atom stereocenters. The lowest BCUT2D eigenvalue weighted by Gasteiger charge is -2.27. The maximum atomic E-state index is 12.5. The normalized spacial score (nSPS) is 13.7. The summed E-state index contributed by atoms with van der Waals surface area (Å²) in [6.07, 6.45) is 0. The largest absolute Gasteiger partial charge is 0.508 e. The molecule has 0 spiro atoms. The highest BCUT2D eigenvalue weighted by Gasteiger charge is 2.30. The molecule has 1 rings (SSSR count). The van der Waals surface area contributed by atoms with Gasteiger partial charge in [0.15, 0.2) is 5.78 Å². The second-order valence-corrected chi connectivity index (χ2v) is 5.96. The highest BCUT2D eigenvalue weighted by Crippen LogP contribution is 2.27. The molecule has 0 heterocycles. The fourth-order valence-corrected chi connectivity index (χ4v) is 1.76. The van der Waals surface area contributed by atoms with Crippen molar-refractivity contribution in [1.82, 2.24) is 5.32 Å². The molecule has 1 atom stereocenters. The molecule has 2 N–H and O–H groups in total. The van der Waals surface area contributed by atoms with Gasteiger partial charge in [0, 0.05) is 11.5 Å². The zero-order valence-electron chi connectivity index (χ0n) is 11.8. The Labute approximate surface area is 109 Å². The minimum atomic E-state index is -0.398. The van der Waals surface area contributed by atoms with Crippen LogP contribution in [0.1, 0.15) is 46.2 Å². The zero-order valence-corrected chi connectivity index (χ0v) is 11.8. The minimum Gasteiger partial charge on any atom is -0.508 e. The van der Waals surface area contributed by atoms with Crippen molar-refractivity contribution in [2.24, 2.45) is 5.41 Å². The van der Waals surface area contributed by atoms with Gasteiger partial charge in [0.05, 0.1) is 6.04 Å². The molecule has 0 aromatic heterocycles. The van der Waals surface area contributed by atoms with E-state index in [2.05, 4.69) is 5.32 Å². The molecule has 0 amide bonds. The summed E-state index contributed by atoms with van der Waals surface area (Å²) in [7, 11) is 0. The molecule has 0 saturated carbocycles. The number of hydrogen-bond acceptors (Lipinski definition) is 3. The number of ketones is 1. The van der Waals surface area contributed by atoms with Gasteiger partial charge < -0.3 is 10.4 Å². The first-order chi connectivity index (χ1) is 8.21. The molecule has 1 aromatic carbocycles. The Morgan fingerprint density at radius 1 is 1.17 bits per heavy atom. The van der Waals surface area contributed by atoms with Crippen molar-refractivity contribution in [1.29, 1.82) is 0 Å². The Morgan fingerprint density at radius 3 is 2.06 bits per heavy atom. The molecule has 3 heteroatoms. The molecule has 0 saturated heterocycles. The Kier molecular flexibility index (Phi) is 4.52. The van der Waals surface area contributed by atoms with Crippen molar-refractivity contribution < 1.29 is 9.90 Å². The number of Topliss-reactive ketones (excluding diaryl/α,β-unsaturated/α-hetero) is 1. The van der Waals surface area contributed by atoms with E-state index in [1.807, 2.05) is 34.6 Å². The number of hydrogen-bond donors (Lipinski definition) is 2. The lowest BCUT2D eigenvalue weighted by molar-refractivity contribution is -0.128. The van der Waals surface area contributed by atoms with E-state index in [-0.39, 0.29) is 23.6 Å². The smallest absolute Gasteiger partial charge is 0.159 e. The predicted octanol–water partition coefficient (Wildman–Crippen LogP) is 3.05. The third-order valence-electron chi connectivity index (χ3n) is 2.73. The first kappa shape index (κ1) is 14.7. The molecule has 0 radical (unpaired) electrons. The van der Waals surface area contributed by atoms with Crippen LogP contribution < -0.4 is 5.32 Å². The van der Waals surface area contributed by atoms with Gasteiger partial charge in [-0.1, -0.05) is 32.9 Å². The number of phenolic OH excluding ortho intramolecular Hbond substituents is 1. The van der Waals surface area contributed by atoms with Crippen LogP contribution in [0, 0.1) is 5.41 Å². The Morgan fingerprint density at radius 2 is 1.67 bits per heavy atom. The Hall–Kier alpha value is -1.35. The van der Waals surface area contributed by atoms with Crippen LogP contribution in [0.25, 0.3) is 0 Å². The maximum Gasteiger partial charge on any atom is 0.159 e. The average Bonchev–Trinajstić information content (AvgIpc) is 2.25. The van der Waals surface area contributed by atoms with E-state index in [0.717, 1.165) is 5.56 Å². The number of rotatable bonds is 4. The first-order valence-corrected chi connectivity index (χ1v) is 6.31. The Bertz CT molecular complexity index is 401. The number of nitrogens with one attached hydrogen (secondary N) is 1. The molecular formula is C15H23NO2. The number of aromatic hydroxyl groups is 1. The van der Waals surface area contributed by atoms with Crippen LogP contribution in [-0.4, -0.2) is 16.9 Å². The van der Waals surface area contributed by atoms with Crippen LogP contribution in [0.4, 0.5) is 0 Å². The van der Waals surface area contributed by atoms with E-state index in [1.165, 1.54) is 0 Å². The van der Waals surface area contributed by atoms with Gasteiger partial charge in [-0.05, 0) is 31.5 Å². The van der Waals surface area contributed by atoms with E-state index < -0.39 is 5.41 Å². The number of benzene rings is 1. The van der Waals surface area contributed by atoms with Gasteiger partial charge in [0.25, 0.3) is 0 Å². The molecule has 0 fully saturated rings. The van der Waals surface area contributed by atoms with Gasteiger partial charge in [-0.2, -0.15) is 0 Å². The van der Waals surface area contributed by atoms with Crippen LogP contribution in [-0.2, 0) is 4.79 Å². The molecule has 3 nitrogen and oxygen atoms in total. The van der Waals surface area contributed by atoms with Gasteiger partial charge in [-0.25, -0.2) is 0 Å². The van der Waals surface area contributed by atoms with Crippen molar-refractivity contribution in [2.75, 3.05) is 0 Å². The van der Waals surface area contributed by atoms with Crippen molar-refractivity contribution in [3.63, 3.8) is 0 Å². The SMILES string of the molecule is CC(C)NC(C(=O)C(C)(C)C)c1ccc(O)cc1. The Balaban J connectivity index is 3.05. The lowest BCUT2D eigenvalue weighted by atomic mass is 9.83. The van der Waals surface area contributed by atoms with Crippen molar-refractivity contribution in [3.05, 3.63) is 29.8 Å². The highest BCUT2D eigenvalue weighted by molar-refractivity contribution is 5.89. The summed E-state index contributed by atoms with van der Waals surface area (Å²) in [5.41, 5.74) is 0.492. The van der Waals surface area contributed by atoms with Gasteiger partial charge in [0.2, 0.25) is 0 Å². The second-order valence-electron chi connectivity index (χ2n) is 5.96. The average molecular weight is 249 g/mol. The van der Waals surface area contributed by atoms with Crippen LogP contribution in [0.5, 0.6) is 5.75 Å².